The standard InChI is InChI=1S/C24H21ClFN3O4/c1-4-10-30-21-18-22(32-20(27-18)15-11-14(26)8-9-16(15)25)29-23(28-21)31-17-7-5-6-13-12-24(2,3)33-19(13)17/h5-9,11H,4,10,12H2,1-3H3. The molecule has 0 unspecified atom stereocenters. The Labute approximate surface area is 194 Å². The highest BCUT2D eigenvalue weighted by Gasteiger charge is 2.33. The van der Waals surface area contributed by atoms with Crippen molar-refractivity contribution in [2.24, 2.45) is 0 Å². The molecule has 1 aliphatic rings. The van der Waals surface area contributed by atoms with Crippen LogP contribution in [-0.2, 0) is 6.42 Å². The summed E-state index contributed by atoms with van der Waals surface area (Å²) >= 11 is 6.22. The van der Waals surface area contributed by atoms with E-state index in [1.165, 1.54) is 18.2 Å². The van der Waals surface area contributed by atoms with Crippen LogP contribution in [0.3, 0.4) is 0 Å². The first-order valence-electron chi connectivity index (χ1n) is 10.6. The summed E-state index contributed by atoms with van der Waals surface area (Å²) in [5.41, 5.74) is 1.45. The molecule has 0 N–H and O–H groups in total. The van der Waals surface area contributed by atoms with E-state index in [0.717, 1.165) is 18.4 Å². The van der Waals surface area contributed by atoms with Crippen molar-refractivity contribution in [1.82, 2.24) is 15.0 Å². The number of halogens is 2. The zero-order valence-corrected chi connectivity index (χ0v) is 19.1. The molecule has 0 aliphatic carbocycles. The van der Waals surface area contributed by atoms with E-state index in [9.17, 15) is 4.39 Å². The molecule has 0 saturated carbocycles. The van der Waals surface area contributed by atoms with Crippen LogP contribution in [0.5, 0.6) is 23.4 Å². The third kappa shape index (κ3) is 4.18. The Morgan fingerprint density at radius 3 is 2.82 bits per heavy atom. The fourth-order valence-corrected chi connectivity index (χ4v) is 3.86. The Bertz CT molecular complexity index is 1360. The maximum absolute atomic E-state index is 13.8. The fourth-order valence-electron chi connectivity index (χ4n) is 3.67. The minimum atomic E-state index is -0.463. The van der Waals surface area contributed by atoms with Gasteiger partial charge in [-0.15, -0.1) is 0 Å². The second-order valence-corrected chi connectivity index (χ2v) is 8.75. The number of fused-ring (bicyclic) bond motifs is 2. The average molecular weight is 470 g/mol. The predicted molar refractivity (Wildman–Crippen MR) is 121 cm³/mol. The minimum Gasteiger partial charge on any atom is -0.483 e. The van der Waals surface area contributed by atoms with Crippen molar-refractivity contribution in [2.75, 3.05) is 6.61 Å². The highest BCUT2D eigenvalue weighted by atomic mass is 35.5. The number of hydrogen-bond donors (Lipinski definition) is 0. The molecule has 5 rings (SSSR count). The van der Waals surface area contributed by atoms with Gasteiger partial charge in [0.2, 0.25) is 5.89 Å². The van der Waals surface area contributed by atoms with E-state index in [2.05, 4.69) is 15.0 Å². The number of rotatable bonds is 6. The van der Waals surface area contributed by atoms with Gasteiger partial charge in [0, 0.05) is 12.0 Å². The van der Waals surface area contributed by atoms with Crippen molar-refractivity contribution >= 4 is 22.8 Å². The number of ether oxygens (including phenoxy) is 3. The van der Waals surface area contributed by atoms with E-state index in [1.807, 2.05) is 32.9 Å². The summed E-state index contributed by atoms with van der Waals surface area (Å²) in [5.74, 6) is 0.995. The van der Waals surface area contributed by atoms with Gasteiger partial charge in [0.25, 0.3) is 11.6 Å². The summed E-state index contributed by atoms with van der Waals surface area (Å²) in [5, 5.41) is 0.294. The Morgan fingerprint density at radius 2 is 2.00 bits per heavy atom. The van der Waals surface area contributed by atoms with E-state index in [-0.39, 0.29) is 29.1 Å². The zero-order chi connectivity index (χ0) is 23.2. The third-order valence-electron chi connectivity index (χ3n) is 5.06. The van der Waals surface area contributed by atoms with Gasteiger partial charge in [0.1, 0.15) is 11.4 Å². The van der Waals surface area contributed by atoms with Gasteiger partial charge in [-0.1, -0.05) is 30.7 Å². The van der Waals surface area contributed by atoms with Gasteiger partial charge in [-0.05, 0) is 44.5 Å². The molecule has 2 aromatic carbocycles. The molecule has 9 heteroatoms. The second kappa shape index (κ2) is 8.19. The maximum Gasteiger partial charge on any atom is 0.328 e. The monoisotopic (exact) mass is 469 g/mol. The third-order valence-corrected chi connectivity index (χ3v) is 5.39. The number of hydrogen-bond acceptors (Lipinski definition) is 7. The largest absolute Gasteiger partial charge is 0.483 e. The van der Waals surface area contributed by atoms with Gasteiger partial charge in [0.05, 0.1) is 17.2 Å². The van der Waals surface area contributed by atoms with Crippen LogP contribution >= 0.6 is 11.6 Å². The smallest absolute Gasteiger partial charge is 0.328 e. The molecule has 170 valence electrons. The lowest BCUT2D eigenvalue weighted by Gasteiger charge is -2.18. The first kappa shape index (κ1) is 21.5. The van der Waals surface area contributed by atoms with Gasteiger partial charge in [-0.2, -0.15) is 9.97 Å². The molecule has 0 bridgehead atoms. The second-order valence-electron chi connectivity index (χ2n) is 8.34. The molecular weight excluding hydrogens is 449 g/mol. The van der Waals surface area contributed by atoms with Crippen LogP contribution in [0.1, 0.15) is 32.8 Å². The molecule has 7 nitrogen and oxygen atoms in total. The predicted octanol–water partition coefficient (Wildman–Crippen LogP) is 6.37. The van der Waals surface area contributed by atoms with E-state index in [4.69, 9.17) is 30.2 Å². The van der Waals surface area contributed by atoms with Crippen LogP contribution in [0.2, 0.25) is 5.02 Å². The van der Waals surface area contributed by atoms with Crippen LogP contribution < -0.4 is 14.2 Å². The van der Waals surface area contributed by atoms with Gasteiger partial charge in [-0.3, -0.25) is 0 Å². The lowest BCUT2D eigenvalue weighted by Crippen LogP contribution is -2.24. The van der Waals surface area contributed by atoms with Crippen molar-refractivity contribution in [3.63, 3.8) is 0 Å². The van der Waals surface area contributed by atoms with Crippen LogP contribution in [-0.4, -0.2) is 27.2 Å². The zero-order valence-electron chi connectivity index (χ0n) is 18.3. The molecule has 0 spiro atoms. The van der Waals surface area contributed by atoms with E-state index in [1.54, 1.807) is 6.07 Å². The number of nitrogens with zero attached hydrogens (tertiary/aromatic N) is 3. The Kier molecular flexibility index (Phi) is 5.32. The van der Waals surface area contributed by atoms with Gasteiger partial charge in [-0.25, -0.2) is 9.37 Å². The topological polar surface area (TPSA) is 79.5 Å². The number of para-hydroxylation sites is 1. The van der Waals surface area contributed by atoms with Crippen LogP contribution in [0.15, 0.2) is 40.8 Å². The van der Waals surface area contributed by atoms with Gasteiger partial charge in [0.15, 0.2) is 17.0 Å². The van der Waals surface area contributed by atoms with Crippen LogP contribution in [0, 0.1) is 5.82 Å². The Hall–Kier alpha value is -3.39. The molecular formula is C24H21ClFN3O4. The highest BCUT2D eigenvalue weighted by Crippen LogP contribution is 2.43. The van der Waals surface area contributed by atoms with E-state index >= 15 is 0 Å². The van der Waals surface area contributed by atoms with E-state index < -0.39 is 5.82 Å². The van der Waals surface area contributed by atoms with Gasteiger partial charge < -0.3 is 18.6 Å². The normalized spacial score (nSPS) is 14.2. The molecule has 0 atom stereocenters. The quantitative estimate of drug-likeness (QED) is 0.324. The molecule has 1 aliphatic heterocycles. The number of aromatic nitrogens is 3. The van der Waals surface area contributed by atoms with Crippen LogP contribution in [0.25, 0.3) is 22.7 Å². The first-order chi connectivity index (χ1) is 15.8. The number of oxazole rings is 1. The van der Waals surface area contributed by atoms with Crippen molar-refractivity contribution < 1.29 is 23.0 Å². The summed E-state index contributed by atoms with van der Waals surface area (Å²) in [4.78, 5) is 13.2. The SMILES string of the molecule is CCCOc1nc(Oc2cccc3c2OC(C)(C)C3)nc2oc(-c3cc(F)ccc3Cl)nc12. The lowest BCUT2D eigenvalue weighted by atomic mass is 10.0. The molecule has 33 heavy (non-hydrogen) atoms. The summed E-state index contributed by atoms with van der Waals surface area (Å²) in [6.45, 7) is 6.42. The molecule has 4 aromatic rings. The Balaban J connectivity index is 1.57. The summed E-state index contributed by atoms with van der Waals surface area (Å²) in [6.07, 6.45) is 1.53. The summed E-state index contributed by atoms with van der Waals surface area (Å²) in [6, 6.07) is 9.65. The summed E-state index contributed by atoms with van der Waals surface area (Å²) < 4.78 is 37.5. The van der Waals surface area contributed by atoms with Crippen molar-refractivity contribution in [3.8, 4) is 34.8 Å². The summed E-state index contributed by atoms with van der Waals surface area (Å²) in [7, 11) is 0. The lowest BCUT2D eigenvalue weighted by molar-refractivity contribution is 0.134. The molecule has 0 amide bonds. The first-order valence-corrected chi connectivity index (χ1v) is 11.0. The van der Waals surface area contributed by atoms with Crippen molar-refractivity contribution in [2.45, 2.75) is 39.2 Å². The Morgan fingerprint density at radius 1 is 1.15 bits per heavy atom. The fraction of sp³-hybridized carbons (Fsp3) is 0.292. The molecule has 0 saturated heterocycles. The molecule has 0 radical (unpaired) electrons. The maximum atomic E-state index is 13.8. The molecule has 2 aromatic heterocycles. The molecule has 0 fully saturated rings. The van der Waals surface area contributed by atoms with Crippen LogP contribution in [0.4, 0.5) is 4.39 Å². The van der Waals surface area contributed by atoms with Gasteiger partial charge >= 0.3 is 6.01 Å². The average Bonchev–Trinajstić information content (AvgIpc) is 3.33. The van der Waals surface area contributed by atoms with E-state index in [0.29, 0.717) is 34.2 Å². The molecule has 3 heterocycles. The van der Waals surface area contributed by atoms with Crippen molar-refractivity contribution in [1.29, 1.82) is 0 Å². The highest BCUT2D eigenvalue weighted by molar-refractivity contribution is 6.33. The minimum absolute atomic E-state index is 0.0170. The van der Waals surface area contributed by atoms with Crippen molar-refractivity contribution in [3.05, 3.63) is 52.8 Å². The number of benzene rings is 2.